The molecule has 0 radical (unpaired) electrons. The van der Waals surface area contributed by atoms with Crippen LogP contribution in [0.1, 0.15) is 12.1 Å². The van der Waals surface area contributed by atoms with Crippen molar-refractivity contribution in [3.8, 4) is 5.69 Å². The van der Waals surface area contributed by atoms with Crippen molar-refractivity contribution in [1.82, 2.24) is 5.27 Å². The lowest BCUT2D eigenvalue weighted by molar-refractivity contribution is -0.677. The van der Waals surface area contributed by atoms with Crippen LogP contribution in [0.3, 0.4) is 0 Å². The summed E-state index contributed by atoms with van der Waals surface area (Å²) < 4.78 is 6.45. The number of hydrogen-bond donors (Lipinski definition) is 1. The fourth-order valence-corrected chi connectivity index (χ4v) is 1.53. The number of para-hydroxylation sites is 1. The minimum atomic E-state index is -0.328. The highest BCUT2D eigenvalue weighted by Gasteiger charge is 2.21. The molecule has 0 aliphatic heterocycles. The van der Waals surface area contributed by atoms with Gasteiger partial charge in [0.25, 0.3) is 0 Å². The molecule has 4 heteroatoms. The first kappa shape index (κ1) is 10.4. The third kappa shape index (κ3) is 1.95. The third-order valence-corrected chi connectivity index (χ3v) is 2.33. The number of benzene rings is 1. The number of aromatic nitrogens is 2. The summed E-state index contributed by atoms with van der Waals surface area (Å²) in [5.74, 6) is 0. The Morgan fingerprint density at radius 2 is 2.12 bits per heavy atom. The predicted molar refractivity (Wildman–Crippen MR) is 59.4 cm³/mol. The summed E-state index contributed by atoms with van der Waals surface area (Å²) in [5, 5.41) is 2.59. The van der Waals surface area contributed by atoms with Crippen molar-refractivity contribution < 1.29 is 9.20 Å². The molecule has 0 fully saturated rings. The molecule has 2 rings (SSSR count). The van der Waals surface area contributed by atoms with Crippen molar-refractivity contribution >= 4 is 0 Å². The number of nitrogens with zero attached hydrogens (tertiary/aromatic N) is 1. The van der Waals surface area contributed by atoms with Crippen LogP contribution in [0.15, 0.2) is 52.3 Å². The van der Waals surface area contributed by atoms with E-state index >= 15 is 0 Å². The highest BCUT2D eigenvalue weighted by atomic mass is 16.5. The van der Waals surface area contributed by atoms with Gasteiger partial charge in [0.1, 0.15) is 0 Å². The van der Waals surface area contributed by atoms with Gasteiger partial charge in [-0.25, -0.2) is 4.79 Å². The number of allylic oxidation sites excluding steroid dienone is 1. The average Bonchev–Trinajstić information content (AvgIpc) is 2.69. The zero-order valence-corrected chi connectivity index (χ0v) is 8.85. The second kappa shape index (κ2) is 4.61. The third-order valence-electron chi connectivity index (χ3n) is 2.33. The minimum absolute atomic E-state index is 0.328. The smallest absolute Gasteiger partial charge is 0.283 e. The van der Waals surface area contributed by atoms with Gasteiger partial charge in [-0.15, -0.1) is 6.58 Å². The molecule has 1 N–H and O–H groups in total. The monoisotopic (exact) mass is 217 g/mol. The first-order chi connectivity index (χ1) is 7.83. The maximum atomic E-state index is 11.5. The van der Waals surface area contributed by atoms with E-state index in [1.54, 1.807) is 10.8 Å². The van der Waals surface area contributed by atoms with Crippen LogP contribution in [-0.2, 0) is 6.42 Å². The molecule has 0 bridgehead atoms. The van der Waals surface area contributed by atoms with Gasteiger partial charge in [-0.3, -0.25) is 4.52 Å². The topological polar surface area (TPSA) is 49.9 Å². The Bertz CT molecular complexity index is 525. The summed E-state index contributed by atoms with van der Waals surface area (Å²) in [6.07, 6.45) is 3.14. The SMILES string of the molecule is C=CCCc1c(=O)o[nH][n+]1-c1ccccc1. The first-order valence-corrected chi connectivity index (χ1v) is 5.11. The summed E-state index contributed by atoms with van der Waals surface area (Å²) in [4.78, 5) is 11.5. The van der Waals surface area contributed by atoms with Crippen LogP contribution in [0.2, 0.25) is 0 Å². The Labute approximate surface area is 92.8 Å². The fraction of sp³-hybridized carbons (Fsp3) is 0.167. The van der Waals surface area contributed by atoms with Crippen LogP contribution in [0.25, 0.3) is 5.69 Å². The lowest BCUT2D eigenvalue weighted by atomic mass is 10.2. The molecule has 1 aromatic carbocycles. The molecule has 0 saturated carbocycles. The van der Waals surface area contributed by atoms with E-state index in [2.05, 4.69) is 11.9 Å². The zero-order chi connectivity index (χ0) is 11.4. The summed E-state index contributed by atoms with van der Waals surface area (Å²) in [7, 11) is 0. The zero-order valence-electron chi connectivity index (χ0n) is 8.85. The molecule has 4 nitrogen and oxygen atoms in total. The molecule has 16 heavy (non-hydrogen) atoms. The van der Waals surface area contributed by atoms with Crippen molar-refractivity contribution in [3.05, 3.63) is 59.1 Å². The van der Waals surface area contributed by atoms with E-state index in [9.17, 15) is 4.79 Å². The second-order valence-electron chi connectivity index (χ2n) is 3.43. The van der Waals surface area contributed by atoms with Crippen molar-refractivity contribution in [2.45, 2.75) is 12.8 Å². The predicted octanol–water partition coefficient (Wildman–Crippen LogP) is 1.36. The highest BCUT2D eigenvalue weighted by molar-refractivity contribution is 5.21. The van der Waals surface area contributed by atoms with E-state index in [0.717, 1.165) is 12.1 Å². The number of aromatic amines is 1. The quantitative estimate of drug-likeness (QED) is 0.621. The standard InChI is InChI=1S/C12H12N2O2/c1-2-3-9-11-12(15)16-13-14(11)10-7-5-4-6-8-10/h2,4-8H,1,3,9H2/p+1. The van der Waals surface area contributed by atoms with Gasteiger partial charge in [0.15, 0.2) is 0 Å². The summed E-state index contributed by atoms with van der Waals surface area (Å²) in [5.41, 5.74) is 1.16. The molecule has 0 amide bonds. The number of rotatable bonds is 4. The normalized spacial score (nSPS) is 10.2. The van der Waals surface area contributed by atoms with Crippen molar-refractivity contribution in [1.29, 1.82) is 0 Å². The average molecular weight is 217 g/mol. The van der Waals surface area contributed by atoms with Crippen LogP contribution < -0.4 is 10.3 Å². The van der Waals surface area contributed by atoms with E-state index in [0.29, 0.717) is 12.1 Å². The van der Waals surface area contributed by atoms with Crippen molar-refractivity contribution in [2.24, 2.45) is 0 Å². The van der Waals surface area contributed by atoms with Gasteiger partial charge in [0, 0.05) is 18.6 Å². The van der Waals surface area contributed by atoms with Gasteiger partial charge in [0.2, 0.25) is 5.69 Å². The minimum Gasteiger partial charge on any atom is -0.283 e. The van der Waals surface area contributed by atoms with Gasteiger partial charge < -0.3 is 0 Å². The lowest BCUT2D eigenvalue weighted by Crippen LogP contribution is -2.38. The molecular weight excluding hydrogens is 204 g/mol. The number of nitrogens with one attached hydrogen (secondary N) is 1. The molecule has 0 unspecified atom stereocenters. The molecule has 0 atom stereocenters. The van der Waals surface area contributed by atoms with E-state index in [1.165, 1.54) is 0 Å². The van der Waals surface area contributed by atoms with Gasteiger partial charge >= 0.3 is 11.3 Å². The second-order valence-corrected chi connectivity index (χ2v) is 3.43. The van der Waals surface area contributed by atoms with E-state index in [-0.39, 0.29) is 5.63 Å². The van der Waals surface area contributed by atoms with Crippen LogP contribution in [0.5, 0.6) is 0 Å². The Morgan fingerprint density at radius 3 is 2.81 bits per heavy atom. The van der Waals surface area contributed by atoms with Crippen molar-refractivity contribution in [2.75, 3.05) is 0 Å². The molecule has 0 aliphatic rings. The van der Waals surface area contributed by atoms with Gasteiger partial charge in [-0.2, -0.15) is 0 Å². The number of hydrogen-bond acceptors (Lipinski definition) is 2. The summed E-state index contributed by atoms with van der Waals surface area (Å²) in [6.45, 7) is 3.64. The Balaban J connectivity index is 2.42. The van der Waals surface area contributed by atoms with Gasteiger partial charge in [-0.05, 0) is 16.4 Å². The first-order valence-electron chi connectivity index (χ1n) is 5.11. The van der Waals surface area contributed by atoms with Gasteiger partial charge in [0.05, 0.1) is 0 Å². The largest absolute Gasteiger partial charge is 0.430 e. The lowest BCUT2D eigenvalue weighted by Gasteiger charge is -1.91. The number of H-pyrrole nitrogens is 1. The Morgan fingerprint density at radius 1 is 1.38 bits per heavy atom. The summed E-state index contributed by atoms with van der Waals surface area (Å²) in [6, 6.07) is 9.55. The molecular formula is C12H13N2O2+. The summed E-state index contributed by atoms with van der Waals surface area (Å²) >= 11 is 0. The van der Waals surface area contributed by atoms with E-state index < -0.39 is 0 Å². The molecule has 0 saturated heterocycles. The molecule has 82 valence electrons. The molecule has 0 spiro atoms. The fourth-order valence-electron chi connectivity index (χ4n) is 1.53. The van der Waals surface area contributed by atoms with Crippen molar-refractivity contribution in [3.63, 3.8) is 0 Å². The van der Waals surface area contributed by atoms with E-state index in [1.807, 2.05) is 30.3 Å². The van der Waals surface area contributed by atoms with E-state index in [4.69, 9.17) is 4.52 Å². The molecule has 1 aromatic heterocycles. The molecule has 0 aliphatic carbocycles. The highest BCUT2D eigenvalue weighted by Crippen LogP contribution is 1.99. The van der Waals surface area contributed by atoms with Crippen LogP contribution in [-0.4, -0.2) is 5.27 Å². The maximum Gasteiger partial charge on any atom is 0.430 e. The van der Waals surface area contributed by atoms with Gasteiger partial charge in [-0.1, -0.05) is 24.3 Å². The molecule has 2 aromatic rings. The van der Waals surface area contributed by atoms with Crippen LogP contribution >= 0.6 is 0 Å². The molecule has 1 heterocycles. The van der Waals surface area contributed by atoms with Crippen LogP contribution in [0.4, 0.5) is 0 Å². The maximum absolute atomic E-state index is 11.5. The van der Waals surface area contributed by atoms with Crippen LogP contribution in [0, 0.1) is 0 Å². The Hall–Kier alpha value is -2.10. The Kier molecular flexibility index (Phi) is 3.00.